The molecule has 0 aliphatic carbocycles. The zero-order valence-electron chi connectivity index (χ0n) is 10.7. The van der Waals surface area contributed by atoms with Crippen molar-refractivity contribution in [3.8, 4) is 0 Å². The van der Waals surface area contributed by atoms with E-state index >= 15 is 0 Å². The highest BCUT2D eigenvalue weighted by molar-refractivity contribution is 5.87. The highest BCUT2D eigenvalue weighted by Crippen LogP contribution is 2.12. The van der Waals surface area contributed by atoms with Crippen molar-refractivity contribution in [2.75, 3.05) is 33.4 Å². The van der Waals surface area contributed by atoms with Gasteiger partial charge in [0.25, 0.3) is 0 Å². The number of nitrogens with zero attached hydrogens (tertiary/aromatic N) is 2. The molecular formula is C11H21N3O3. The molecule has 0 spiro atoms. The first kappa shape index (κ1) is 13.9. The first-order valence-electron chi connectivity index (χ1n) is 5.79. The summed E-state index contributed by atoms with van der Waals surface area (Å²) < 4.78 is 4.80. The van der Waals surface area contributed by atoms with Crippen molar-refractivity contribution in [3.63, 3.8) is 0 Å². The van der Waals surface area contributed by atoms with Crippen LogP contribution in [-0.4, -0.2) is 67.0 Å². The molecule has 0 aromatic carbocycles. The maximum Gasteiger partial charge on any atom is 0.249 e. The summed E-state index contributed by atoms with van der Waals surface area (Å²) in [6.45, 7) is 5.90. The van der Waals surface area contributed by atoms with Gasteiger partial charge in [0, 0.05) is 32.8 Å². The third kappa shape index (κ3) is 3.41. The van der Waals surface area contributed by atoms with Gasteiger partial charge in [0.15, 0.2) is 0 Å². The average molecular weight is 243 g/mol. The zero-order valence-corrected chi connectivity index (χ0v) is 10.7. The Kier molecular flexibility index (Phi) is 4.89. The maximum atomic E-state index is 11.8. The van der Waals surface area contributed by atoms with E-state index < -0.39 is 11.9 Å². The molecule has 1 atom stereocenters. The van der Waals surface area contributed by atoms with Crippen molar-refractivity contribution in [3.05, 3.63) is 0 Å². The van der Waals surface area contributed by atoms with Crippen LogP contribution in [0, 0.1) is 0 Å². The van der Waals surface area contributed by atoms with Crippen LogP contribution in [0.25, 0.3) is 0 Å². The summed E-state index contributed by atoms with van der Waals surface area (Å²) >= 11 is 0. The number of hydrogen-bond donors (Lipinski definition) is 1. The van der Waals surface area contributed by atoms with Crippen LogP contribution in [0.3, 0.4) is 0 Å². The van der Waals surface area contributed by atoms with Crippen molar-refractivity contribution in [2.45, 2.75) is 25.9 Å². The molecular weight excluding hydrogens is 222 g/mol. The molecule has 1 aliphatic heterocycles. The summed E-state index contributed by atoms with van der Waals surface area (Å²) in [6, 6.07) is -0.203. The van der Waals surface area contributed by atoms with Gasteiger partial charge in [-0.05, 0) is 13.8 Å². The predicted molar refractivity (Wildman–Crippen MR) is 63.3 cm³/mol. The van der Waals surface area contributed by atoms with E-state index in [1.54, 1.807) is 0 Å². The first-order valence-corrected chi connectivity index (χ1v) is 5.79. The smallest absolute Gasteiger partial charge is 0.249 e. The zero-order chi connectivity index (χ0) is 13.0. The molecule has 0 saturated carbocycles. The number of carbonyl (C=O) groups excluding carboxylic acids is 2. The fraction of sp³-hybridized carbons (Fsp3) is 0.818. The third-order valence-electron chi connectivity index (χ3n) is 3.06. The van der Waals surface area contributed by atoms with E-state index in [9.17, 15) is 9.59 Å². The largest absolute Gasteiger partial charge is 0.375 e. The summed E-state index contributed by atoms with van der Waals surface area (Å²) in [4.78, 5) is 26.8. The van der Waals surface area contributed by atoms with Gasteiger partial charge >= 0.3 is 0 Å². The minimum atomic E-state index is -0.547. The molecule has 1 aliphatic rings. The van der Waals surface area contributed by atoms with Gasteiger partial charge in [0.2, 0.25) is 11.8 Å². The summed E-state index contributed by atoms with van der Waals surface area (Å²) in [5.74, 6) is -0.639. The van der Waals surface area contributed by atoms with Crippen molar-refractivity contribution < 1.29 is 14.3 Å². The van der Waals surface area contributed by atoms with Crippen molar-refractivity contribution >= 4 is 11.8 Å². The van der Waals surface area contributed by atoms with Gasteiger partial charge in [-0.2, -0.15) is 0 Å². The Balaban J connectivity index is 2.72. The Bertz CT molecular complexity index is 294. The Morgan fingerprint density at radius 1 is 1.41 bits per heavy atom. The van der Waals surface area contributed by atoms with Crippen LogP contribution in [0.5, 0.6) is 0 Å². The van der Waals surface area contributed by atoms with Gasteiger partial charge in [-0.1, -0.05) is 0 Å². The lowest BCUT2D eigenvalue weighted by molar-refractivity contribution is -0.146. The second-order valence-corrected chi connectivity index (χ2v) is 4.53. The van der Waals surface area contributed by atoms with Gasteiger partial charge in [0.1, 0.15) is 12.6 Å². The number of ether oxygens (including phenoxy) is 1. The Hall–Kier alpha value is -1.14. The molecule has 0 bridgehead atoms. The molecule has 0 unspecified atom stereocenters. The molecule has 2 N–H and O–H groups in total. The molecule has 2 amide bonds. The van der Waals surface area contributed by atoms with Crippen LogP contribution in [0.15, 0.2) is 0 Å². The molecule has 0 aromatic rings. The Morgan fingerprint density at radius 2 is 2.06 bits per heavy atom. The van der Waals surface area contributed by atoms with Gasteiger partial charge < -0.3 is 15.4 Å². The topological polar surface area (TPSA) is 75.9 Å². The molecule has 17 heavy (non-hydrogen) atoms. The number of amides is 2. The lowest BCUT2D eigenvalue weighted by Gasteiger charge is -2.41. The monoisotopic (exact) mass is 243 g/mol. The van der Waals surface area contributed by atoms with Gasteiger partial charge in [0.05, 0.1) is 0 Å². The van der Waals surface area contributed by atoms with Crippen LogP contribution in [0.1, 0.15) is 13.8 Å². The molecule has 1 heterocycles. The standard InChI is InChI=1S/C11H21N3O3/c1-8(2)13-4-5-14(10(15)7-17-3)9(6-13)11(12)16/h8-9H,4-7H2,1-3H3,(H2,12,16)/t9-/m0/s1. The predicted octanol–water partition coefficient (Wildman–Crippen LogP) is -0.961. The number of primary amides is 1. The number of hydrogen-bond acceptors (Lipinski definition) is 4. The normalized spacial score (nSPS) is 21.9. The number of methoxy groups -OCH3 is 1. The van der Waals surface area contributed by atoms with Crippen molar-refractivity contribution in [1.29, 1.82) is 0 Å². The molecule has 98 valence electrons. The molecule has 0 radical (unpaired) electrons. The molecule has 6 heteroatoms. The Labute approximate surface area is 102 Å². The average Bonchev–Trinajstić information content (AvgIpc) is 2.28. The number of rotatable bonds is 4. The quantitative estimate of drug-likeness (QED) is 0.690. The van der Waals surface area contributed by atoms with Crippen LogP contribution < -0.4 is 5.73 Å². The van der Waals surface area contributed by atoms with E-state index in [-0.39, 0.29) is 12.5 Å². The number of piperazine rings is 1. The Morgan fingerprint density at radius 3 is 2.53 bits per heavy atom. The summed E-state index contributed by atoms with van der Waals surface area (Å²) in [5, 5.41) is 0. The van der Waals surface area contributed by atoms with E-state index in [1.165, 1.54) is 12.0 Å². The number of carbonyl (C=O) groups is 2. The van der Waals surface area contributed by atoms with E-state index in [2.05, 4.69) is 18.7 Å². The first-order chi connectivity index (χ1) is 7.97. The molecule has 1 saturated heterocycles. The van der Waals surface area contributed by atoms with E-state index in [1.807, 2.05) is 0 Å². The van der Waals surface area contributed by atoms with Gasteiger partial charge in [-0.15, -0.1) is 0 Å². The molecule has 1 fully saturated rings. The SMILES string of the molecule is COCC(=O)N1CCN(C(C)C)C[C@H]1C(N)=O. The number of nitrogens with two attached hydrogens (primary N) is 1. The van der Waals surface area contributed by atoms with Crippen LogP contribution in [0.2, 0.25) is 0 Å². The van der Waals surface area contributed by atoms with Crippen LogP contribution in [-0.2, 0) is 14.3 Å². The molecule has 6 nitrogen and oxygen atoms in total. The van der Waals surface area contributed by atoms with E-state index in [0.717, 1.165) is 6.54 Å². The molecule has 1 rings (SSSR count). The third-order valence-corrected chi connectivity index (χ3v) is 3.06. The summed E-state index contributed by atoms with van der Waals surface area (Å²) in [7, 11) is 1.46. The highest BCUT2D eigenvalue weighted by Gasteiger charge is 2.34. The lowest BCUT2D eigenvalue weighted by Crippen LogP contribution is -2.61. The second kappa shape index (κ2) is 5.97. The summed E-state index contributed by atoms with van der Waals surface area (Å²) in [5.41, 5.74) is 5.35. The van der Waals surface area contributed by atoms with Gasteiger partial charge in [-0.3, -0.25) is 14.5 Å². The minimum Gasteiger partial charge on any atom is -0.375 e. The minimum absolute atomic E-state index is 0.00847. The van der Waals surface area contributed by atoms with E-state index in [0.29, 0.717) is 19.1 Å². The van der Waals surface area contributed by atoms with Crippen molar-refractivity contribution in [2.24, 2.45) is 5.73 Å². The van der Waals surface area contributed by atoms with E-state index in [4.69, 9.17) is 10.5 Å². The van der Waals surface area contributed by atoms with Crippen molar-refractivity contribution in [1.82, 2.24) is 9.80 Å². The van der Waals surface area contributed by atoms with Gasteiger partial charge in [-0.25, -0.2) is 0 Å². The fourth-order valence-corrected chi connectivity index (χ4v) is 2.02. The molecule has 0 aromatic heterocycles. The second-order valence-electron chi connectivity index (χ2n) is 4.53. The van der Waals surface area contributed by atoms with Crippen LogP contribution in [0.4, 0.5) is 0 Å². The maximum absolute atomic E-state index is 11.8. The summed E-state index contributed by atoms with van der Waals surface area (Å²) in [6.07, 6.45) is 0. The fourth-order valence-electron chi connectivity index (χ4n) is 2.02. The highest BCUT2D eigenvalue weighted by atomic mass is 16.5. The lowest BCUT2D eigenvalue weighted by atomic mass is 10.1. The van der Waals surface area contributed by atoms with Crippen LogP contribution >= 0.6 is 0 Å².